The highest BCUT2D eigenvalue weighted by atomic mass is 16.5. The number of carbonyl (C=O) groups excluding carboxylic acids is 2. The fraction of sp³-hybridized carbons (Fsp3) is 0.417. The number of esters is 1. The van der Waals surface area contributed by atoms with E-state index in [1.807, 2.05) is 6.92 Å². The molecule has 6 heteroatoms. The Morgan fingerprint density at radius 2 is 2.06 bits per heavy atom. The van der Waals surface area contributed by atoms with E-state index in [1.165, 1.54) is 0 Å². The van der Waals surface area contributed by atoms with Crippen molar-refractivity contribution in [2.24, 2.45) is 0 Å². The highest BCUT2D eigenvalue weighted by molar-refractivity contribution is 6.39. The van der Waals surface area contributed by atoms with Crippen LogP contribution < -0.4 is 0 Å². The molecular weight excluding hydrogens is 236 g/mol. The lowest BCUT2D eigenvalue weighted by molar-refractivity contribution is -0.149. The van der Waals surface area contributed by atoms with Crippen LogP contribution in [-0.4, -0.2) is 33.7 Å². The van der Waals surface area contributed by atoms with Gasteiger partial charge in [0, 0.05) is 18.3 Å². The predicted octanol–water partition coefficient (Wildman–Crippen LogP) is 1.16. The molecule has 1 rings (SSSR count). The molecule has 0 saturated carbocycles. The van der Waals surface area contributed by atoms with E-state index in [2.05, 4.69) is 9.84 Å². The van der Waals surface area contributed by atoms with E-state index in [4.69, 9.17) is 0 Å². The Morgan fingerprint density at radius 1 is 1.44 bits per heavy atom. The van der Waals surface area contributed by atoms with Crippen LogP contribution in [0.15, 0.2) is 6.08 Å². The van der Waals surface area contributed by atoms with Crippen molar-refractivity contribution in [2.75, 3.05) is 7.11 Å². The van der Waals surface area contributed by atoms with Gasteiger partial charge in [-0.3, -0.25) is 9.48 Å². The molecule has 0 atom stereocenters. The molecule has 0 saturated heterocycles. The summed E-state index contributed by atoms with van der Waals surface area (Å²) >= 11 is 0. The van der Waals surface area contributed by atoms with Crippen LogP contribution in [0.4, 0.5) is 0 Å². The van der Waals surface area contributed by atoms with E-state index in [-0.39, 0.29) is 5.76 Å². The molecule has 0 spiro atoms. The summed E-state index contributed by atoms with van der Waals surface area (Å²) in [5.74, 6) is -2.20. The second-order valence-electron chi connectivity index (χ2n) is 3.75. The topological polar surface area (TPSA) is 81.4 Å². The van der Waals surface area contributed by atoms with Crippen molar-refractivity contribution < 1.29 is 19.4 Å². The zero-order valence-electron chi connectivity index (χ0n) is 10.9. The van der Waals surface area contributed by atoms with Gasteiger partial charge in [-0.2, -0.15) is 5.10 Å². The van der Waals surface area contributed by atoms with Gasteiger partial charge in [-0.1, -0.05) is 0 Å². The maximum Gasteiger partial charge on any atom is 0.378 e. The standard InChI is InChI=1S/C12H16N2O4/c1-5-14-8(3)11(7(2)13-14)9(15)6-10(16)12(17)18-4/h6,15H,5H2,1-4H3/b9-6-. The Labute approximate surface area is 105 Å². The molecule has 0 radical (unpaired) electrons. The first-order valence-corrected chi connectivity index (χ1v) is 5.49. The van der Waals surface area contributed by atoms with Gasteiger partial charge in [0.05, 0.1) is 18.4 Å². The van der Waals surface area contributed by atoms with Crippen molar-refractivity contribution in [3.05, 3.63) is 23.0 Å². The molecule has 18 heavy (non-hydrogen) atoms. The quantitative estimate of drug-likeness (QED) is 0.376. The van der Waals surface area contributed by atoms with Gasteiger partial charge in [-0.25, -0.2) is 4.79 Å². The van der Waals surface area contributed by atoms with E-state index in [9.17, 15) is 14.7 Å². The Kier molecular flexibility index (Phi) is 4.25. The van der Waals surface area contributed by atoms with Gasteiger partial charge in [-0.15, -0.1) is 0 Å². The average molecular weight is 252 g/mol. The number of ether oxygens (including phenoxy) is 1. The van der Waals surface area contributed by atoms with Gasteiger partial charge in [0.15, 0.2) is 0 Å². The number of nitrogens with zero attached hydrogens (tertiary/aromatic N) is 2. The summed E-state index contributed by atoms with van der Waals surface area (Å²) in [5.41, 5.74) is 1.80. The largest absolute Gasteiger partial charge is 0.507 e. The third-order valence-electron chi connectivity index (χ3n) is 2.59. The van der Waals surface area contributed by atoms with Gasteiger partial charge in [0.25, 0.3) is 5.78 Å². The SMILES string of the molecule is CCn1nc(C)c(/C(O)=C/C(=O)C(=O)OC)c1C. The smallest absolute Gasteiger partial charge is 0.378 e. The molecule has 1 N–H and O–H groups in total. The first kappa shape index (κ1) is 14.0. The third-order valence-corrected chi connectivity index (χ3v) is 2.59. The summed E-state index contributed by atoms with van der Waals surface area (Å²) in [6, 6.07) is 0. The van der Waals surface area contributed by atoms with Crippen molar-refractivity contribution in [1.82, 2.24) is 9.78 Å². The molecule has 0 aliphatic carbocycles. The van der Waals surface area contributed by atoms with E-state index in [1.54, 1.807) is 18.5 Å². The summed E-state index contributed by atoms with van der Waals surface area (Å²) in [7, 11) is 1.11. The minimum absolute atomic E-state index is 0.278. The van der Waals surface area contributed by atoms with E-state index >= 15 is 0 Å². The minimum Gasteiger partial charge on any atom is -0.507 e. The minimum atomic E-state index is -1.01. The molecule has 0 unspecified atom stereocenters. The number of hydrogen-bond acceptors (Lipinski definition) is 5. The van der Waals surface area contributed by atoms with Crippen LogP contribution in [0.3, 0.4) is 0 Å². The maximum atomic E-state index is 11.3. The molecular formula is C12H16N2O4. The summed E-state index contributed by atoms with van der Waals surface area (Å²) < 4.78 is 5.98. The van der Waals surface area contributed by atoms with Gasteiger partial charge in [-0.05, 0) is 20.8 Å². The number of hydrogen-bond donors (Lipinski definition) is 1. The monoisotopic (exact) mass is 252 g/mol. The lowest BCUT2D eigenvalue weighted by Crippen LogP contribution is -2.13. The number of methoxy groups -OCH3 is 1. The third kappa shape index (κ3) is 2.58. The molecule has 1 heterocycles. The Balaban J connectivity index is 3.15. The first-order chi connectivity index (χ1) is 8.42. The molecule has 6 nitrogen and oxygen atoms in total. The van der Waals surface area contributed by atoms with Crippen molar-refractivity contribution in [3.63, 3.8) is 0 Å². The fourth-order valence-electron chi connectivity index (χ4n) is 1.73. The number of carbonyl (C=O) groups is 2. The first-order valence-electron chi connectivity index (χ1n) is 5.49. The zero-order valence-corrected chi connectivity index (χ0v) is 10.9. The summed E-state index contributed by atoms with van der Waals surface area (Å²) in [6.07, 6.45) is 0.850. The van der Waals surface area contributed by atoms with Crippen molar-refractivity contribution in [3.8, 4) is 0 Å². The summed E-state index contributed by atoms with van der Waals surface area (Å²) in [6.45, 7) is 6.08. The second-order valence-corrected chi connectivity index (χ2v) is 3.75. The van der Waals surface area contributed by atoms with Crippen LogP contribution in [0.25, 0.3) is 5.76 Å². The van der Waals surface area contributed by atoms with Gasteiger partial charge >= 0.3 is 5.97 Å². The number of aryl methyl sites for hydroxylation is 2. The second kappa shape index (κ2) is 5.48. The number of aliphatic hydroxyl groups excluding tert-OH is 1. The lowest BCUT2D eigenvalue weighted by atomic mass is 10.1. The van der Waals surface area contributed by atoms with E-state index in [0.717, 1.165) is 18.9 Å². The van der Waals surface area contributed by atoms with Gasteiger partial charge < -0.3 is 9.84 Å². The highest BCUT2D eigenvalue weighted by Crippen LogP contribution is 2.20. The van der Waals surface area contributed by atoms with Gasteiger partial charge in [0.2, 0.25) is 0 Å². The highest BCUT2D eigenvalue weighted by Gasteiger charge is 2.18. The van der Waals surface area contributed by atoms with Crippen molar-refractivity contribution >= 4 is 17.5 Å². The maximum absolute atomic E-state index is 11.3. The van der Waals surface area contributed by atoms with Gasteiger partial charge in [0.1, 0.15) is 5.76 Å². The Hall–Kier alpha value is -2.11. The molecule has 0 aliphatic rings. The Bertz CT molecular complexity index is 514. The van der Waals surface area contributed by atoms with E-state index in [0.29, 0.717) is 17.8 Å². The number of aromatic nitrogens is 2. The normalized spacial score (nSPS) is 11.4. The number of aliphatic hydroxyl groups is 1. The molecule has 0 aliphatic heterocycles. The van der Waals surface area contributed by atoms with Crippen LogP contribution in [0.1, 0.15) is 23.9 Å². The van der Waals surface area contributed by atoms with Crippen LogP contribution >= 0.6 is 0 Å². The fourth-order valence-corrected chi connectivity index (χ4v) is 1.73. The van der Waals surface area contributed by atoms with Crippen LogP contribution in [0.5, 0.6) is 0 Å². The summed E-state index contributed by atoms with van der Waals surface area (Å²) in [4.78, 5) is 22.3. The van der Waals surface area contributed by atoms with Crippen LogP contribution in [-0.2, 0) is 20.9 Å². The molecule has 0 amide bonds. The Morgan fingerprint density at radius 3 is 2.50 bits per heavy atom. The summed E-state index contributed by atoms with van der Waals surface area (Å²) in [5, 5.41) is 14.1. The average Bonchev–Trinajstić information content (AvgIpc) is 2.62. The van der Waals surface area contributed by atoms with Crippen LogP contribution in [0, 0.1) is 13.8 Å². The zero-order chi connectivity index (χ0) is 13.9. The molecule has 1 aromatic heterocycles. The van der Waals surface area contributed by atoms with E-state index < -0.39 is 11.8 Å². The molecule has 98 valence electrons. The molecule has 0 bridgehead atoms. The number of rotatable bonds is 4. The van der Waals surface area contributed by atoms with Crippen LogP contribution in [0.2, 0.25) is 0 Å². The molecule has 0 fully saturated rings. The predicted molar refractivity (Wildman–Crippen MR) is 65.0 cm³/mol. The molecule has 1 aromatic rings. The molecule has 0 aromatic carbocycles. The van der Waals surface area contributed by atoms with Crippen molar-refractivity contribution in [2.45, 2.75) is 27.3 Å². The van der Waals surface area contributed by atoms with Crippen molar-refractivity contribution in [1.29, 1.82) is 0 Å². The lowest BCUT2D eigenvalue weighted by Gasteiger charge is -2.02. The number of ketones is 1.